The van der Waals surface area contributed by atoms with Crippen LogP contribution in [-0.4, -0.2) is 23.5 Å². The zero-order chi connectivity index (χ0) is 17.5. The minimum atomic E-state index is -0.580. The third kappa shape index (κ3) is 5.31. The Labute approximate surface area is 143 Å². The summed E-state index contributed by atoms with van der Waals surface area (Å²) < 4.78 is 12.9. The van der Waals surface area contributed by atoms with Crippen LogP contribution >= 0.6 is 11.3 Å². The fourth-order valence-electron chi connectivity index (χ4n) is 2.06. The van der Waals surface area contributed by atoms with E-state index in [1.807, 2.05) is 6.92 Å². The number of anilines is 1. The number of rotatable bonds is 7. The summed E-state index contributed by atoms with van der Waals surface area (Å²) in [6, 6.07) is 5.38. The van der Waals surface area contributed by atoms with Crippen LogP contribution in [0.5, 0.6) is 0 Å². The van der Waals surface area contributed by atoms with Crippen molar-refractivity contribution in [3.8, 4) is 0 Å². The van der Waals surface area contributed by atoms with Crippen LogP contribution in [0.3, 0.4) is 0 Å². The second-order valence-electron chi connectivity index (χ2n) is 5.25. The third-order valence-corrected chi connectivity index (χ3v) is 4.49. The number of amides is 3. The highest BCUT2D eigenvalue weighted by molar-refractivity contribution is 7.15. The average molecular weight is 350 g/mol. The number of urea groups is 1. The number of nitrogens with zero attached hydrogens (tertiary/aromatic N) is 1. The van der Waals surface area contributed by atoms with E-state index in [0.29, 0.717) is 11.6 Å². The van der Waals surface area contributed by atoms with Crippen molar-refractivity contribution >= 4 is 28.4 Å². The molecule has 0 fully saturated rings. The van der Waals surface area contributed by atoms with E-state index >= 15 is 0 Å². The Morgan fingerprint density at radius 1 is 1.33 bits per heavy atom. The Morgan fingerprint density at radius 2 is 2.04 bits per heavy atom. The van der Waals surface area contributed by atoms with E-state index in [0.717, 1.165) is 16.9 Å². The maximum atomic E-state index is 12.9. The first-order valence-electron chi connectivity index (χ1n) is 7.51. The average Bonchev–Trinajstić information content (AvgIpc) is 3.00. The van der Waals surface area contributed by atoms with Gasteiger partial charge in [-0.1, -0.05) is 19.1 Å². The fourth-order valence-corrected chi connectivity index (χ4v) is 2.81. The number of benzene rings is 1. The van der Waals surface area contributed by atoms with Gasteiger partial charge in [0, 0.05) is 17.6 Å². The number of nitrogens with one attached hydrogen (secondary N) is 2. The van der Waals surface area contributed by atoms with Gasteiger partial charge in [0.2, 0.25) is 5.91 Å². The van der Waals surface area contributed by atoms with Crippen molar-refractivity contribution in [2.75, 3.05) is 11.9 Å². The molecule has 0 aliphatic carbocycles. The fraction of sp³-hybridized carbons (Fsp3) is 0.312. The zero-order valence-corrected chi connectivity index (χ0v) is 14.0. The van der Waals surface area contributed by atoms with Crippen molar-refractivity contribution in [1.29, 1.82) is 0 Å². The van der Waals surface area contributed by atoms with E-state index < -0.39 is 17.9 Å². The van der Waals surface area contributed by atoms with Crippen molar-refractivity contribution < 1.29 is 14.0 Å². The van der Waals surface area contributed by atoms with Gasteiger partial charge in [-0.05, 0) is 30.5 Å². The van der Waals surface area contributed by atoms with Crippen molar-refractivity contribution in [1.82, 2.24) is 10.3 Å². The predicted molar refractivity (Wildman–Crippen MR) is 91.3 cm³/mol. The number of hydrogen-bond acceptors (Lipinski definition) is 4. The number of carbonyl (C=O) groups is 2. The van der Waals surface area contributed by atoms with E-state index in [-0.39, 0.29) is 12.4 Å². The second-order valence-corrected chi connectivity index (χ2v) is 6.37. The molecule has 2 aromatic rings. The first kappa shape index (κ1) is 17.9. The molecule has 0 aliphatic rings. The molecule has 1 atom stereocenters. The van der Waals surface area contributed by atoms with E-state index in [9.17, 15) is 14.0 Å². The maximum Gasteiger partial charge on any atom is 0.321 e. The predicted octanol–water partition coefficient (Wildman–Crippen LogP) is 2.31. The van der Waals surface area contributed by atoms with Gasteiger partial charge in [-0.3, -0.25) is 10.1 Å². The molecule has 0 bridgehead atoms. The molecular weight excluding hydrogens is 331 g/mol. The first-order valence-corrected chi connectivity index (χ1v) is 8.33. The molecule has 2 rings (SSSR count). The maximum absolute atomic E-state index is 12.9. The van der Waals surface area contributed by atoms with Crippen molar-refractivity contribution in [3.63, 3.8) is 0 Å². The Kier molecular flexibility index (Phi) is 6.25. The Bertz CT molecular complexity index is 702. The highest BCUT2D eigenvalue weighted by atomic mass is 32.1. The van der Waals surface area contributed by atoms with Crippen molar-refractivity contribution in [3.05, 3.63) is 46.7 Å². The number of carbonyl (C=O) groups excluding carboxylic acids is 2. The number of aryl methyl sites for hydroxylation is 1. The van der Waals surface area contributed by atoms with Crippen LogP contribution in [0.2, 0.25) is 0 Å². The van der Waals surface area contributed by atoms with E-state index in [4.69, 9.17) is 5.73 Å². The smallest absolute Gasteiger partial charge is 0.321 e. The van der Waals surface area contributed by atoms with Gasteiger partial charge in [-0.25, -0.2) is 14.2 Å². The number of hydrogen-bond donors (Lipinski definition) is 3. The molecular formula is C16H19FN4O2S. The molecule has 6 nitrogen and oxygen atoms in total. The van der Waals surface area contributed by atoms with Crippen LogP contribution < -0.4 is 16.4 Å². The summed E-state index contributed by atoms with van der Waals surface area (Å²) in [5.41, 5.74) is 6.15. The SMILES string of the molecule is CCc1cnc(NC(=O)NC[C@@H](Cc2ccc(F)cc2)C(N)=O)s1. The molecule has 1 aromatic heterocycles. The lowest BCUT2D eigenvalue weighted by Crippen LogP contribution is -2.39. The van der Waals surface area contributed by atoms with Crippen LogP contribution in [0, 0.1) is 11.7 Å². The van der Waals surface area contributed by atoms with Gasteiger partial charge in [0.25, 0.3) is 0 Å². The minimum absolute atomic E-state index is 0.0879. The molecule has 0 saturated heterocycles. The van der Waals surface area contributed by atoms with Gasteiger partial charge < -0.3 is 11.1 Å². The summed E-state index contributed by atoms with van der Waals surface area (Å²) in [4.78, 5) is 28.6. The molecule has 0 radical (unpaired) electrons. The van der Waals surface area contributed by atoms with Crippen molar-refractivity contribution in [2.45, 2.75) is 19.8 Å². The molecule has 1 aromatic carbocycles. The summed E-state index contributed by atoms with van der Waals surface area (Å²) in [6.07, 6.45) is 2.89. The molecule has 0 spiro atoms. The number of primary amides is 1. The Balaban J connectivity index is 1.87. The van der Waals surface area contributed by atoms with Crippen molar-refractivity contribution in [2.24, 2.45) is 11.7 Å². The molecule has 8 heteroatoms. The summed E-state index contributed by atoms with van der Waals surface area (Å²) in [7, 11) is 0. The minimum Gasteiger partial charge on any atom is -0.369 e. The molecule has 128 valence electrons. The quantitative estimate of drug-likeness (QED) is 0.715. The first-order chi connectivity index (χ1) is 11.5. The van der Waals surface area contributed by atoms with E-state index in [2.05, 4.69) is 15.6 Å². The van der Waals surface area contributed by atoms with E-state index in [1.165, 1.54) is 23.5 Å². The number of halogens is 1. The number of thiazole rings is 1. The van der Waals surface area contributed by atoms with Crippen LogP contribution in [0.25, 0.3) is 0 Å². The van der Waals surface area contributed by atoms with Crippen LogP contribution in [0.1, 0.15) is 17.4 Å². The normalized spacial score (nSPS) is 11.8. The van der Waals surface area contributed by atoms with Gasteiger partial charge in [-0.15, -0.1) is 11.3 Å². The summed E-state index contributed by atoms with van der Waals surface area (Å²) in [5.74, 6) is -1.45. The summed E-state index contributed by atoms with van der Waals surface area (Å²) in [6.45, 7) is 2.09. The molecule has 24 heavy (non-hydrogen) atoms. The molecule has 0 aliphatic heterocycles. The monoisotopic (exact) mass is 350 g/mol. The van der Waals surface area contributed by atoms with Gasteiger partial charge >= 0.3 is 6.03 Å². The number of nitrogens with two attached hydrogens (primary N) is 1. The third-order valence-electron chi connectivity index (χ3n) is 3.43. The Hall–Kier alpha value is -2.48. The van der Waals surface area contributed by atoms with Gasteiger partial charge in [0.05, 0.1) is 5.92 Å². The highest BCUT2D eigenvalue weighted by Crippen LogP contribution is 2.18. The lowest BCUT2D eigenvalue weighted by Gasteiger charge is -2.14. The lowest BCUT2D eigenvalue weighted by atomic mass is 9.98. The molecule has 4 N–H and O–H groups in total. The van der Waals surface area contributed by atoms with Crippen LogP contribution in [-0.2, 0) is 17.6 Å². The molecule has 1 heterocycles. The molecule has 0 unspecified atom stereocenters. The summed E-state index contributed by atoms with van der Waals surface area (Å²) >= 11 is 1.40. The number of aromatic nitrogens is 1. The second kappa shape index (κ2) is 8.39. The highest BCUT2D eigenvalue weighted by Gasteiger charge is 2.17. The largest absolute Gasteiger partial charge is 0.369 e. The Morgan fingerprint density at radius 3 is 2.62 bits per heavy atom. The molecule has 3 amide bonds. The van der Waals surface area contributed by atoms with Gasteiger partial charge in [-0.2, -0.15) is 0 Å². The van der Waals surface area contributed by atoms with Crippen LogP contribution in [0.4, 0.5) is 14.3 Å². The zero-order valence-electron chi connectivity index (χ0n) is 13.2. The lowest BCUT2D eigenvalue weighted by molar-refractivity contribution is -0.121. The standard InChI is InChI=1S/C16H19FN4O2S/c1-2-13-9-20-16(24-13)21-15(23)19-8-11(14(18)22)7-10-3-5-12(17)6-4-10/h3-6,9,11H,2,7-8H2,1H3,(H2,18,22)(H2,19,20,21,23)/t11-/m1/s1. The van der Waals surface area contributed by atoms with E-state index in [1.54, 1.807) is 18.3 Å². The van der Waals surface area contributed by atoms with Crippen LogP contribution in [0.15, 0.2) is 30.5 Å². The topological polar surface area (TPSA) is 97.1 Å². The summed E-state index contributed by atoms with van der Waals surface area (Å²) in [5, 5.41) is 5.73. The van der Waals surface area contributed by atoms with Gasteiger partial charge in [0.1, 0.15) is 5.82 Å². The van der Waals surface area contributed by atoms with Gasteiger partial charge in [0.15, 0.2) is 5.13 Å². The molecule has 0 saturated carbocycles.